The van der Waals surface area contributed by atoms with E-state index in [2.05, 4.69) is 22.0 Å². The first-order chi connectivity index (χ1) is 21.9. The van der Waals surface area contributed by atoms with Crippen molar-refractivity contribution in [3.8, 4) is 5.75 Å². The molecule has 5 rings (SSSR count). The molecule has 0 saturated carbocycles. The van der Waals surface area contributed by atoms with Crippen LogP contribution in [0.1, 0.15) is 31.9 Å². The molecule has 3 aromatic carbocycles. The number of hydrogen-bond acceptors (Lipinski definition) is 8. The van der Waals surface area contributed by atoms with Crippen LogP contribution >= 0.6 is 0 Å². The molecule has 242 valence electrons. The number of rotatable bonds is 9. The first kappa shape index (κ1) is 32.9. The number of nitrogens with zero attached hydrogens (tertiary/aromatic N) is 4. The van der Waals surface area contributed by atoms with Gasteiger partial charge in [0.25, 0.3) is 0 Å². The SMILES string of the molecule is CN(C(=O)OC(C)(C)C)[C@@H](Cc1ccc(OS(=O)(=O)c2cccc3cnccc23)cc1)C(=O)N1CCN(Cc2ccccc2)CC1. The fourth-order valence-electron chi connectivity index (χ4n) is 5.42. The van der Waals surface area contributed by atoms with E-state index >= 15 is 0 Å². The van der Waals surface area contributed by atoms with Crippen LogP contribution in [-0.2, 0) is 32.6 Å². The largest absolute Gasteiger partial charge is 0.444 e. The number of pyridine rings is 1. The summed E-state index contributed by atoms with van der Waals surface area (Å²) in [5, 5.41) is 1.20. The molecule has 2 heterocycles. The number of benzene rings is 3. The van der Waals surface area contributed by atoms with Gasteiger partial charge in [-0.15, -0.1) is 0 Å². The quantitative estimate of drug-likeness (QED) is 0.231. The highest BCUT2D eigenvalue weighted by Crippen LogP contribution is 2.26. The summed E-state index contributed by atoms with van der Waals surface area (Å²) in [5.41, 5.74) is 1.23. The van der Waals surface area contributed by atoms with Crippen molar-refractivity contribution in [3.63, 3.8) is 0 Å². The lowest BCUT2D eigenvalue weighted by Crippen LogP contribution is -2.56. The van der Waals surface area contributed by atoms with E-state index in [-0.39, 0.29) is 23.0 Å². The van der Waals surface area contributed by atoms with Gasteiger partial charge >= 0.3 is 16.2 Å². The summed E-state index contributed by atoms with van der Waals surface area (Å²) in [6, 6.07) is 22.5. The maximum Gasteiger partial charge on any atom is 0.410 e. The zero-order valence-corrected chi connectivity index (χ0v) is 27.4. The molecular weight excluding hydrogens is 604 g/mol. The Balaban J connectivity index is 1.29. The first-order valence-corrected chi connectivity index (χ1v) is 16.7. The fraction of sp³-hybridized carbons (Fsp3) is 0.343. The van der Waals surface area contributed by atoms with Crippen LogP contribution in [0.2, 0.25) is 0 Å². The van der Waals surface area contributed by atoms with Gasteiger partial charge < -0.3 is 13.8 Å². The molecule has 1 aromatic heterocycles. The summed E-state index contributed by atoms with van der Waals surface area (Å²) in [7, 11) is -2.56. The van der Waals surface area contributed by atoms with Gasteiger partial charge in [-0.2, -0.15) is 8.42 Å². The smallest absolute Gasteiger partial charge is 0.410 e. The standard InChI is InChI=1S/C35H40N4O6S/c1-35(2,3)44-34(41)37(4)31(33(40)39-21-19-38(20-22-39)25-27-9-6-5-7-10-27)23-26-13-15-29(16-14-26)45-46(42,43)32-12-8-11-28-24-36-18-17-30(28)32/h5-18,24,31H,19-23,25H2,1-4H3/t31-/m0/s1. The lowest BCUT2D eigenvalue weighted by atomic mass is 10.0. The van der Waals surface area contributed by atoms with E-state index < -0.39 is 27.9 Å². The summed E-state index contributed by atoms with van der Waals surface area (Å²) in [6.45, 7) is 8.68. The number of aromatic nitrogens is 1. The number of fused-ring (bicyclic) bond motifs is 1. The zero-order valence-electron chi connectivity index (χ0n) is 26.6. The molecule has 1 saturated heterocycles. The van der Waals surface area contributed by atoms with Crippen LogP contribution in [0.15, 0.2) is 96.2 Å². The highest BCUT2D eigenvalue weighted by atomic mass is 32.2. The van der Waals surface area contributed by atoms with Gasteiger partial charge in [0.15, 0.2) is 0 Å². The number of carbonyl (C=O) groups is 2. The van der Waals surface area contributed by atoms with Gasteiger partial charge in [-0.25, -0.2) is 4.79 Å². The minimum Gasteiger partial charge on any atom is -0.444 e. The van der Waals surface area contributed by atoms with Crippen LogP contribution in [0.5, 0.6) is 5.75 Å². The average Bonchev–Trinajstić information content (AvgIpc) is 3.03. The molecular formula is C35H40N4O6S. The van der Waals surface area contributed by atoms with E-state index in [1.807, 2.05) is 18.2 Å². The zero-order chi connectivity index (χ0) is 32.9. The summed E-state index contributed by atoms with van der Waals surface area (Å²) >= 11 is 0. The van der Waals surface area contributed by atoms with Crippen molar-refractivity contribution in [3.05, 3.63) is 102 Å². The summed E-state index contributed by atoms with van der Waals surface area (Å²) in [5.74, 6) is -0.0335. The lowest BCUT2D eigenvalue weighted by molar-refractivity contribution is -0.138. The summed E-state index contributed by atoms with van der Waals surface area (Å²) in [6.07, 6.45) is 2.75. The maximum absolute atomic E-state index is 13.9. The number of likely N-dealkylation sites (N-methyl/N-ethyl adjacent to an activating group) is 1. The number of piperazine rings is 1. The van der Waals surface area contributed by atoms with Gasteiger partial charge in [-0.3, -0.25) is 19.6 Å². The van der Waals surface area contributed by atoms with Crippen molar-refractivity contribution >= 4 is 32.9 Å². The number of hydrogen-bond donors (Lipinski definition) is 0. The third-order valence-electron chi connectivity index (χ3n) is 7.84. The summed E-state index contributed by atoms with van der Waals surface area (Å²) in [4.78, 5) is 36.6. The molecule has 2 amide bonds. The van der Waals surface area contributed by atoms with E-state index in [0.29, 0.717) is 23.9 Å². The molecule has 10 nitrogen and oxygen atoms in total. The highest BCUT2D eigenvalue weighted by molar-refractivity contribution is 7.87. The Morgan fingerprint density at radius 3 is 2.26 bits per heavy atom. The highest BCUT2D eigenvalue weighted by Gasteiger charge is 2.34. The topological polar surface area (TPSA) is 109 Å². The van der Waals surface area contributed by atoms with Crippen molar-refractivity contribution in [1.29, 1.82) is 0 Å². The van der Waals surface area contributed by atoms with Crippen molar-refractivity contribution in [2.75, 3.05) is 33.2 Å². The monoisotopic (exact) mass is 644 g/mol. The van der Waals surface area contributed by atoms with Gasteiger partial charge in [0, 0.05) is 69.4 Å². The Morgan fingerprint density at radius 2 is 1.59 bits per heavy atom. The maximum atomic E-state index is 13.9. The molecule has 0 aliphatic carbocycles. The molecule has 1 atom stereocenters. The lowest BCUT2D eigenvalue weighted by Gasteiger charge is -2.38. The second kappa shape index (κ2) is 13.9. The van der Waals surface area contributed by atoms with E-state index in [9.17, 15) is 18.0 Å². The van der Waals surface area contributed by atoms with Crippen molar-refractivity contribution in [2.45, 2.75) is 50.3 Å². The van der Waals surface area contributed by atoms with E-state index in [1.165, 1.54) is 22.7 Å². The molecule has 0 radical (unpaired) electrons. The molecule has 4 aromatic rings. The molecule has 0 unspecified atom stereocenters. The normalized spacial score (nSPS) is 14.9. The van der Waals surface area contributed by atoms with Gasteiger partial charge in [0.2, 0.25) is 5.91 Å². The van der Waals surface area contributed by atoms with Crippen LogP contribution in [0.4, 0.5) is 4.79 Å². The van der Waals surface area contributed by atoms with Gasteiger partial charge in [-0.05, 0) is 56.2 Å². The predicted molar refractivity (Wildman–Crippen MR) is 176 cm³/mol. The Kier molecular flexibility index (Phi) is 9.93. The Hall–Kier alpha value is -4.48. The van der Waals surface area contributed by atoms with E-state index in [0.717, 1.165) is 25.2 Å². The summed E-state index contributed by atoms with van der Waals surface area (Å²) < 4.78 is 37.5. The second-order valence-electron chi connectivity index (χ2n) is 12.4. The third-order valence-corrected chi connectivity index (χ3v) is 9.14. The number of amides is 2. The van der Waals surface area contributed by atoms with Crippen molar-refractivity contribution in [1.82, 2.24) is 19.7 Å². The molecule has 11 heteroatoms. The molecule has 1 aliphatic heterocycles. The second-order valence-corrected chi connectivity index (χ2v) is 13.9. The molecule has 0 N–H and O–H groups in total. The van der Waals surface area contributed by atoms with Crippen LogP contribution < -0.4 is 4.18 Å². The Morgan fingerprint density at radius 1 is 0.891 bits per heavy atom. The Bertz CT molecular complexity index is 1760. The van der Waals surface area contributed by atoms with Crippen molar-refractivity contribution < 1.29 is 26.9 Å². The van der Waals surface area contributed by atoms with Gasteiger partial charge in [0.1, 0.15) is 22.3 Å². The molecule has 1 fully saturated rings. The van der Waals surface area contributed by atoms with Crippen LogP contribution in [0.25, 0.3) is 10.8 Å². The minimum atomic E-state index is -4.13. The number of carbonyl (C=O) groups excluding carboxylic acids is 2. The van der Waals surface area contributed by atoms with Crippen LogP contribution in [0, 0.1) is 0 Å². The van der Waals surface area contributed by atoms with E-state index in [4.69, 9.17) is 8.92 Å². The first-order valence-electron chi connectivity index (χ1n) is 15.3. The van der Waals surface area contributed by atoms with Crippen LogP contribution in [-0.4, -0.2) is 85.0 Å². The third kappa shape index (κ3) is 8.21. The van der Waals surface area contributed by atoms with E-state index in [1.54, 1.807) is 81.4 Å². The molecule has 0 spiro atoms. The molecule has 0 bridgehead atoms. The molecule has 1 aliphatic rings. The predicted octanol–water partition coefficient (Wildman–Crippen LogP) is 5.12. The number of ether oxygens (including phenoxy) is 1. The minimum absolute atomic E-state index is 0.0463. The molecule has 46 heavy (non-hydrogen) atoms. The van der Waals surface area contributed by atoms with Crippen molar-refractivity contribution in [2.24, 2.45) is 0 Å². The van der Waals surface area contributed by atoms with Gasteiger partial charge in [-0.1, -0.05) is 54.6 Å². The van der Waals surface area contributed by atoms with Crippen LogP contribution in [0.3, 0.4) is 0 Å². The Labute approximate surface area is 270 Å². The fourth-order valence-corrected chi connectivity index (χ4v) is 6.57. The average molecular weight is 645 g/mol. The van der Waals surface area contributed by atoms with Gasteiger partial charge in [0.05, 0.1) is 0 Å².